The number of nitrogens with zero attached hydrogens (tertiary/aromatic N) is 2. The zero-order chi connectivity index (χ0) is 22.6. The fourth-order valence-electron chi connectivity index (χ4n) is 3.15. The van der Waals surface area contributed by atoms with Gasteiger partial charge >= 0.3 is 0 Å². The van der Waals surface area contributed by atoms with Crippen molar-refractivity contribution in [2.75, 3.05) is 17.4 Å². The van der Waals surface area contributed by atoms with Crippen LogP contribution in [0.2, 0.25) is 0 Å². The maximum Gasteiger partial charge on any atom is 0.271 e. The molecule has 0 spiro atoms. The second-order valence-corrected chi connectivity index (χ2v) is 9.02. The first-order valence-electron chi connectivity index (χ1n) is 9.75. The molecule has 3 aromatic rings. The number of ether oxygens (including phenoxy) is 2. The summed E-state index contributed by atoms with van der Waals surface area (Å²) in [6.07, 6.45) is 2.65. The molecular weight excluding hydrogens is 430 g/mol. The Morgan fingerprint density at radius 1 is 1.03 bits per heavy atom. The van der Waals surface area contributed by atoms with Crippen LogP contribution >= 0.6 is 0 Å². The third-order valence-corrected chi connectivity index (χ3v) is 5.90. The summed E-state index contributed by atoms with van der Waals surface area (Å²) in [7, 11) is -3.51. The number of hydrogen-bond donors (Lipinski definition) is 1. The molecule has 164 valence electrons. The van der Waals surface area contributed by atoms with Crippen LogP contribution in [0.4, 0.5) is 5.69 Å². The van der Waals surface area contributed by atoms with Gasteiger partial charge in [-0.3, -0.25) is 9.10 Å². The van der Waals surface area contributed by atoms with Crippen LogP contribution in [-0.4, -0.2) is 33.6 Å². The van der Waals surface area contributed by atoms with Crippen LogP contribution in [-0.2, 0) is 16.6 Å². The molecule has 3 aromatic carbocycles. The molecule has 1 amide bonds. The fourth-order valence-corrected chi connectivity index (χ4v) is 4.04. The van der Waals surface area contributed by atoms with Crippen molar-refractivity contribution in [2.45, 2.75) is 6.54 Å². The van der Waals surface area contributed by atoms with E-state index in [1.54, 1.807) is 42.5 Å². The van der Waals surface area contributed by atoms with Crippen molar-refractivity contribution in [1.29, 1.82) is 0 Å². The Hall–Kier alpha value is -3.85. The average Bonchev–Trinajstić information content (AvgIpc) is 3.25. The highest BCUT2D eigenvalue weighted by Crippen LogP contribution is 2.32. The number of benzene rings is 3. The molecule has 0 aromatic heterocycles. The molecule has 4 rings (SSSR count). The van der Waals surface area contributed by atoms with Crippen LogP contribution < -0.4 is 19.2 Å². The fraction of sp³-hybridized carbons (Fsp3) is 0.130. The van der Waals surface area contributed by atoms with E-state index in [4.69, 9.17) is 9.47 Å². The molecule has 0 fully saturated rings. The van der Waals surface area contributed by atoms with Crippen molar-refractivity contribution in [3.63, 3.8) is 0 Å². The molecule has 8 nitrogen and oxygen atoms in total. The highest BCUT2D eigenvalue weighted by atomic mass is 32.2. The Morgan fingerprint density at radius 3 is 2.47 bits per heavy atom. The van der Waals surface area contributed by atoms with Crippen LogP contribution in [0.15, 0.2) is 77.9 Å². The topological polar surface area (TPSA) is 97.3 Å². The van der Waals surface area contributed by atoms with Gasteiger partial charge in [-0.2, -0.15) is 5.10 Å². The summed E-state index contributed by atoms with van der Waals surface area (Å²) < 4.78 is 36.5. The first kappa shape index (κ1) is 21.4. The lowest BCUT2D eigenvalue weighted by molar-refractivity contribution is 0.0955. The number of hydrazone groups is 1. The maximum absolute atomic E-state index is 12.4. The minimum absolute atomic E-state index is 0.185. The number of anilines is 1. The molecule has 32 heavy (non-hydrogen) atoms. The number of amides is 1. The minimum atomic E-state index is -3.51. The molecular formula is C23H21N3O5S. The summed E-state index contributed by atoms with van der Waals surface area (Å²) in [5.74, 6) is 0.881. The van der Waals surface area contributed by atoms with Crippen LogP contribution in [0, 0.1) is 0 Å². The molecule has 0 atom stereocenters. The summed E-state index contributed by atoms with van der Waals surface area (Å²) in [4.78, 5) is 12.4. The van der Waals surface area contributed by atoms with Crippen LogP contribution in [0.1, 0.15) is 21.5 Å². The van der Waals surface area contributed by atoms with Gasteiger partial charge in [0.25, 0.3) is 5.91 Å². The van der Waals surface area contributed by atoms with Crippen LogP contribution in [0.5, 0.6) is 11.5 Å². The van der Waals surface area contributed by atoms with E-state index in [-0.39, 0.29) is 13.3 Å². The number of sulfonamides is 1. The number of rotatable bonds is 7. The molecule has 1 heterocycles. The molecule has 0 unspecified atom stereocenters. The zero-order valence-corrected chi connectivity index (χ0v) is 18.1. The van der Waals surface area contributed by atoms with E-state index >= 15 is 0 Å². The molecule has 0 saturated heterocycles. The van der Waals surface area contributed by atoms with Crippen molar-refractivity contribution in [3.8, 4) is 11.5 Å². The Bertz CT molecular complexity index is 1240. The van der Waals surface area contributed by atoms with Crippen molar-refractivity contribution in [1.82, 2.24) is 5.43 Å². The number of fused-ring (bicyclic) bond motifs is 1. The summed E-state index contributed by atoms with van der Waals surface area (Å²) in [5, 5.41) is 3.97. The summed E-state index contributed by atoms with van der Waals surface area (Å²) in [6.45, 7) is 0.385. The van der Waals surface area contributed by atoms with E-state index in [1.165, 1.54) is 10.5 Å². The van der Waals surface area contributed by atoms with Gasteiger partial charge in [0.1, 0.15) is 0 Å². The molecule has 1 aliphatic rings. The van der Waals surface area contributed by atoms with Crippen molar-refractivity contribution >= 4 is 27.8 Å². The molecule has 0 saturated carbocycles. The SMILES string of the molecule is CS(=O)(=O)N(Cc1ccccc1)c1ccc(C(=O)N/N=C\c2ccc3c(c2)OCO3)cc1. The first-order valence-corrected chi connectivity index (χ1v) is 11.6. The van der Waals surface area contributed by atoms with E-state index in [1.807, 2.05) is 30.3 Å². The lowest BCUT2D eigenvalue weighted by atomic mass is 10.2. The second kappa shape index (κ2) is 9.11. The lowest BCUT2D eigenvalue weighted by Crippen LogP contribution is -2.29. The Labute approximate surface area is 186 Å². The van der Waals surface area contributed by atoms with Gasteiger partial charge in [-0.25, -0.2) is 13.8 Å². The predicted molar refractivity (Wildman–Crippen MR) is 122 cm³/mol. The first-order chi connectivity index (χ1) is 15.4. The predicted octanol–water partition coefficient (Wildman–Crippen LogP) is 3.15. The zero-order valence-electron chi connectivity index (χ0n) is 17.3. The molecule has 0 aliphatic carbocycles. The highest BCUT2D eigenvalue weighted by Gasteiger charge is 2.18. The Kier molecular flexibility index (Phi) is 6.09. The van der Waals surface area contributed by atoms with Gasteiger partial charge in [0.05, 0.1) is 24.7 Å². The summed E-state index contributed by atoms with van der Waals surface area (Å²) in [5.41, 5.74) is 4.89. The molecule has 0 radical (unpaired) electrons. The number of hydrogen-bond acceptors (Lipinski definition) is 6. The van der Waals surface area contributed by atoms with E-state index in [0.29, 0.717) is 22.7 Å². The monoisotopic (exact) mass is 451 g/mol. The van der Waals surface area contributed by atoms with E-state index in [9.17, 15) is 13.2 Å². The molecule has 9 heteroatoms. The number of carbonyl (C=O) groups is 1. The third kappa shape index (κ3) is 5.06. The largest absolute Gasteiger partial charge is 0.454 e. The normalized spacial score (nSPS) is 12.7. The van der Waals surface area contributed by atoms with E-state index in [2.05, 4.69) is 10.5 Å². The number of nitrogens with one attached hydrogen (secondary N) is 1. The van der Waals surface area contributed by atoms with Gasteiger partial charge in [-0.05, 0) is 53.6 Å². The van der Waals surface area contributed by atoms with Gasteiger partial charge in [0, 0.05) is 5.56 Å². The summed E-state index contributed by atoms with van der Waals surface area (Å²) >= 11 is 0. The van der Waals surface area contributed by atoms with E-state index < -0.39 is 15.9 Å². The highest BCUT2D eigenvalue weighted by molar-refractivity contribution is 7.92. The van der Waals surface area contributed by atoms with Crippen LogP contribution in [0.25, 0.3) is 0 Å². The Balaban J connectivity index is 1.43. The van der Waals surface area contributed by atoms with Gasteiger partial charge < -0.3 is 9.47 Å². The molecule has 0 bridgehead atoms. The lowest BCUT2D eigenvalue weighted by Gasteiger charge is -2.22. The second-order valence-electron chi connectivity index (χ2n) is 7.11. The molecule has 1 N–H and O–H groups in total. The minimum Gasteiger partial charge on any atom is -0.454 e. The van der Waals surface area contributed by atoms with Gasteiger partial charge in [0.15, 0.2) is 11.5 Å². The van der Waals surface area contributed by atoms with Gasteiger partial charge in [-0.1, -0.05) is 30.3 Å². The standard InChI is InChI=1S/C23H21N3O5S/c1-32(28,29)26(15-17-5-3-2-4-6-17)20-10-8-19(9-11-20)23(27)25-24-14-18-7-12-21-22(13-18)31-16-30-21/h2-14H,15-16H2,1H3,(H,25,27)/b24-14-. The van der Waals surface area contributed by atoms with Crippen molar-refractivity contribution < 1.29 is 22.7 Å². The van der Waals surface area contributed by atoms with Crippen molar-refractivity contribution in [3.05, 3.63) is 89.5 Å². The van der Waals surface area contributed by atoms with Crippen molar-refractivity contribution in [2.24, 2.45) is 5.10 Å². The van der Waals surface area contributed by atoms with Crippen LogP contribution in [0.3, 0.4) is 0 Å². The average molecular weight is 452 g/mol. The number of carbonyl (C=O) groups excluding carboxylic acids is 1. The van der Waals surface area contributed by atoms with Gasteiger partial charge in [0.2, 0.25) is 16.8 Å². The van der Waals surface area contributed by atoms with Gasteiger partial charge in [-0.15, -0.1) is 0 Å². The smallest absolute Gasteiger partial charge is 0.271 e. The molecule has 1 aliphatic heterocycles. The van der Waals surface area contributed by atoms with E-state index in [0.717, 1.165) is 17.4 Å². The quantitative estimate of drug-likeness (QED) is 0.440. The summed E-state index contributed by atoms with van der Waals surface area (Å²) in [6, 6.07) is 20.9. The third-order valence-electron chi connectivity index (χ3n) is 4.76. The Morgan fingerprint density at radius 2 is 1.75 bits per heavy atom. The maximum atomic E-state index is 12.4.